The van der Waals surface area contributed by atoms with Crippen LogP contribution in [0.15, 0.2) is 35.1 Å². The molecule has 1 aliphatic heterocycles. The normalized spacial score (nSPS) is 13.1. The van der Waals surface area contributed by atoms with Crippen LogP contribution in [0.2, 0.25) is 0 Å². The number of nitrogens with zero attached hydrogens (tertiary/aromatic N) is 2. The Kier molecular flexibility index (Phi) is 4.46. The molecule has 0 aliphatic carbocycles. The zero-order valence-corrected chi connectivity index (χ0v) is 14.2. The molecule has 2 heterocycles. The second kappa shape index (κ2) is 6.55. The molecule has 128 valence electrons. The first-order valence-electron chi connectivity index (χ1n) is 8.04. The lowest BCUT2D eigenvalue weighted by Crippen LogP contribution is -2.27. The van der Waals surface area contributed by atoms with E-state index >= 15 is 0 Å². The molecule has 0 saturated heterocycles. The maximum atomic E-state index is 11.9. The molecule has 0 bridgehead atoms. The number of benzene rings is 1. The van der Waals surface area contributed by atoms with Crippen molar-refractivity contribution in [3.63, 3.8) is 0 Å². The van der Waals surface area contributed by atoms with Crippen LogP contribution in [0.5, 0.6) is 17.2 Å². The highest BCUT2D eigenvalue weighted by atomic mass is 16.7. The van der Waals surface area contributed by atoms with Gasteiger partial charge in [-0.15, -0.1) is 0 Å². The molecule has 0 radical (unpaired) electrons. The van der Waals surface area contributed by atoms with Crippen LogP contribution in [0.1, 0.15) is 32.9 Å². The standard InChI is InChI=1S/C18H22N2O4/c1-18(2,3)16-7-8-17(21)20(19-16)9-4-10-22-13-5-6-14-15(11-13)24-12-23-14/h5-8,11H,4,9-10,12H2,1-3H3. The third-order valence-corrected chi connectivity index (χ3v) is 3.76. The number of hydrogen-bond donors (Lipinski definition) is 0. The highest BCUT2D eigenvalue weighted by Gasteiger charge is 2.16. The van der Waals surface area contributed by atoms with Gasteiger partial charge in [0.15, 0.2) is 11.5 Å². The molecule has 0 fully saturated rings. The van der Waals surface area contributed by atoms with E-state index in [0.29, 0.717) is 25.3 Å². The molecule has 1 aromatic heterocycles. The summed E-state index contributed by atoms with van der Waals surface area (Å²) in [5, 5.41) is 4.45. The van der Waals surface area contributed by atoms with Crippen LogP contribution in [0.4, 0.5) is 0 Å². The van der Waals surface area contributed by atoms with Crippen molar-refractivity contribution in [1.82, 2.24) is 9.78 Å². The van der Waals surface area contributed by atoms with E-state index in [1.165, 1.54) is 4.68 Å². The van der Waals surface area contributed by atoms with Gasteiger partial charge in [0.2, 0.25) is 6.79 Å². The van der Waals surface area contributed by atoms with E-state index < -0.39 is 0 Å². The van der Waals surface area contributed by atoms with Crippen LogP contribution in [0, 0.1) is 0 Å². The number of aromatic nitrogens is 2. The minimum Gasteiger partial charge on any atom is -0.493 e. The van der Waals surface area contributed by atoms with E-state index in [0.717, 1.165) is 17.2 Å². The minimum absolute atomic E-state index is 0.0849. The van der Waals surface area contributed by atoms with Gasteiger partial charge in [-0.1, -0.05) is 20.8 Å². The first-order valence-corrected chi connectivity index (χ1v) is 8.04. The Morgan fingerprint density at radius 2 is 1.96 bits per heavy atom. The second-order valence-electron chi connectivity index (χ2n) is 6.75. The molecule has 0 amide bonds. The van der Waals surface area contributed by atoms with Gasteiger partial charge in [-0.3, -0.25) is 4.79 Å². The Balaban J connectivity index is 1.56. The summed E-state index contributed by atoms with van der Waals surface area (Å²) in [6.07, 6.45) is 0.689. The first-order chi connectivity index (χ1) is 11.4. The highest BCUT2D eigenvalue weighted by Crippen LogP contribution is 2.35. The van der Waals surface area contributed by atoms with E-state index in [2.05, 4.69) is 25.9 Å². The molecule has 6 nitrogen and oxygen atoms in total. The average molecular weight is 330 g/mol. The van der Waals surface area contributed by atoms with Crippen molar-refractivity contribution >= 4 is 0 Å². The molecule has 24 heavy (non-hydrogen) atoms. The summed E-state index contributed by atoms with van der Waals surface area (Å²) in [5.74, 6) is 2.16. The Labute approximate surface area is 141 Å². The first kappa shape index (κ1) is 16.4. The lowest BCUT2D eigenvalue weighted by Gasteiger charge is -2.18. The third kappa shape index (κ3) is 3.69. The summed E-state index contributed by atoms with van der Waals surface area (Å²) in [5.41, 5.74) is 0.725. The summed E-state index contributed by atoms with van der Waals surface area (Å²) >= 11 is 0. The zero-order chi connectivity index (χ0) is 17.2. The van der Waals surface area contributed by atoms with Gasteiger partial charge in [0.05, 0.1) is 12.3 Å². The zero-order valence-electron chi connectivity index (χ0n) is 14.2. The number of hydrogen-bond acceptors (Lipinski definition) is 5. The van der Waals surface area contributed by atoms with Crippen LogP contribution in [-0.4, -0.2) is 23.2 Å². The molecule has 1 aliphatic rings. The van der Waals surface area contributed by atoms with Gasteiger partial charge in [0, 0.05) is 30.5 Å². The largest absolute Gasteiger partial charge is 0.493 e. The van der Waals surface area contributed by atoms with Crippen LogP contribution in [-0.2, 0) is 12.0 Å². The molecule has 2 aromatic rings. The molecule has 6 heteroatoms. The van der Waals surface area contributed by atoms with Crippen molar-refractivity contribution in [2.45, 2.75) is 39.2 Å². The molecular weight excluding hydrogens is 308 g/mol. The summed E-state index contributed by atoms with van der Waals surface area (Å²) in [7, 11) is 0. The molecular formula is C18H22N2O4. The second-order valence-corrected chi connectivity index (χ2v) is 6.75. The Bertz CT molecular complexity index is 777. The molecule has 0 N–H and O–H groups in total. The fourth-order valence-corrected chi connectivity index (χ4v) is 2.38. The van der Waals surface area contributed by atoms with Crippen molar-refractivity contribution in [3.8, 4) is 17.2 Å². The summed E-state index contributed by atoms with van der Waals surface area (Å²) < 4.78 is 17.8. The fraction of sp³-hybridized carbons (Fsp3) is 0.444. The van der Waals surface area contributed by atoms with Gasteiger partial charge < -0.3 is 14.2 Å². The number of rotatable bonds is 5. The van der Waals surface area contributed by atoms with E-state index in [4.69, 9.17) is 14.2 Å². The maximum Gasteiger partial charge on any atom is 0.266 e. The van der Waals surface area contributed by atoms with Gasteiger partial charge >= 0.3 is 0 Å². The van der Waals surface area contributed by atoms with Crippen LogP contribution < -0.4 is 19.8 Å². The molecule has 0 spiro atoms. The summed E-state index contributed by atoms with van der Waals surface area (Å²) in [6.45, 7) is 7.49. The Hall–Kier alpha value is -2.50. The summed E-state index contributed by atoms with van der Waals surface area (Å²) in [6, 6.07) is 8.86. The molecule has 0 unspecified atom stereocenters. The molecule has 3 rings (SSSR count). The van der Waals surface area contributed by atoms with E-state index in [1.807, 2.05) is 18.2 Å². The lowest BCUT2D eigenvalue weighted by atomic mass is 9.92. The quantitative estimate of drug-likeness (QED) is 0.789. The molecule has 0 atom stereocenters. The van der Waals surface area contributed by atoms with Crippen molar-refractivity contribution in [2.24, 2.45) is 0 Å². The van der Waals surface area contributed by atoms with Gasteiger partial charge in [0.25, 0.3) is 5.56 Å². The van der Waals surface area contributed by atoms with E-state index in [1.54, 1.807) is 12.1 Å². The average Bonchev–Trinajstić information content (AvgIpc) is 2.99. The van der Waals surface area contributed by atoms with Gasteiger partial charge in [-0.2, -0.15) is 5.10 Å². The number of aryl methyl sites for hydroxylation is 1. The Morgan fingerprint density at radius 1 is 1.17 bits per heavy atom. The fourth-order valence-electron chi connectivity index (χ4n) is 2.38. The van der Waals surface area contributed by atoms with E-state index in [-0.39, 0.29) is 17.8 Å². The van der Waals surface area contributed by atoms with Crippen molar-refractivity contribution in [1.29, 1.82) is 0 Å². The topological polar surface area (TPSA) is 62.6 Å². The summed E-state index contributed by atoms with van der Waals surface area (Å²) in [4.78, 5) is 11.9. The van der Waals surface area contributed by atoms with Crippen molar-refractivity contribution < 1.29 is 14.2 Å². The number of ether oxygens (including phenoxy) is 3. The maximum absolute atomic E-state index is 11.9. The van der Waals surface area contributed by atoms with Crippen LogP contribution in [0.25, 0.3) is 0 Å². The van der Waals surface area contributed by atoms with Crippen molar-refractivity contribution in [2.75, 3.05) is 13.4 Å². The SMILES string of the molecule is CC(C)(C)c1ccc(=O)n(CCCOc2ccc3c(c2)OCO3)n1. The van der Waals surface area contributed by atoms with E-state index in [9.17, 15) is 4.79 Å². The minimum atomic E-state index is -0.0916. The van der Waals surface area contributed by atoms with Gasteiger partial charge in [-0.25, -0.2) is 4.68 Å². The van der Waals surface area contributed by atoms with Gasteiger partial charge in [0.1, 0.15) is 5.75 Å². The third-order valence-electron chi connectivity index (χ3n) is 3.76. The van der Waals surface area contributed by atoms with Crippen LogP contribution >= 0.6 is 0 Å². The lowest BCUT2D eigenvalue weighted by molar-refractivity contribution is 0.173. The monoisotopic (exact) mass is 330 g/mol. The van der Waals surface area contributed by atoms with Gasteiger partial charge in [-0.05, 0) is 18.2 Å². The molecule has 0 saturated carbocycles. The van der Waals surface area contributed by atoms with Crippen molar-refractivity contribution in [3.05, 3.63) is 46.4 Å². The molecule has 1 aromatic carbocycles. The Morgan fingerprint density at radius 3 is 2.75 bits per heavy atom. The number of fused-ring (bicyclic) bond motifs is 1. The highest BCUT2D eigenvalue weighted by molar-refractivity contribution is 5.46. The van der Waals surface area contributed by atoms with Crippen LogP contribution in [0.3, 0.4) is 0 Å². The smallest absolute Gasteiger partial charge is 0.266 e. The predicted octanol–water partition coefficient (Wildman–Crippen LogP) is 2.74. The predicted molar refractivity (Wildman–Crippen MR) is 89.9 cm³/mol.